The Hall–Kier alpha value is -1.95. The summed E-state index contributed by atoms with van der Waals surface area (Å²) >= 11 is 0. The minimum atomic E-state index is -1.04. The van der Waals surface area contributed by atoms with Gasteiger partial charge >= 0.3 is 5.97 Å². The third-order valence-electron chi connectivity index (χ3n) is 3.32. The number of pyridine rings is 1. The van der Waals surface area contributed by atoms with E-state index in [1.54, 1.807) is 4.90 Å². The molecule has 6 heteroatoms. The average Bonchev–Trinajstić information content (AvgIpc) is 2.38. The number of hydrogen-bond donors (Lipinski definition) is 1. The van der Waals surface area contributed by atoms with Gasteiger partial charge in [-0.05, 0) is 26.1 Å². The molecule has 102 valence electrons. The summed E-state index contributed by atoms with van der Waals surface area (Å²) < 4.78 is 0. The molecule has 0 saturated carbocycles. The zero-order chi connectivity index (χ0) is 14.0. The first-order valence-corrected chi connectivity index (χ1v) is 6.18. The third kappa shape index (κ3) is 2.90. The Morgan fingerprint density at radius 3 is 2.63 bits per heavy atom. The predicted molar refractivity (Wildman–Crippen MR) is 69.2 cm³/mol. The molecular weight excluding hydrogens is 246 g/mol. The van der Waals surface area contributed by atoms with E-state index in [9.17, 15) is 9.59 Å². The van der Waals surface area contributed by atoms with Crippen molar-refractivity contribution in [3.05, 3.63) is 29.6 Å². The van der Waals surface area contributed by atoms with Gasteiger partial charge in [-0.15, -0.1) is 0 Å². The molecule has 1 aliphatic heterocycles. The summed E-state index contributed by atoms with van der Waals surface area (Å²) in [6.45, 7) is 4.33. The van der Waals surface area contributed by atoms with Crippen LogP contribution in [0.4, 0.5) is 0 Å². The average molecular weight is 263 g/mol. The van der Waals surface area contributed by atoms with Gasteiger partial charge in [-0.25, -0.2) is 4.79 Å². The highest BCUT2D eigenvalue weighted by atomic mass is 16.4. The number of likely N-dealkylation sites (N-methyl/N-ethyl adjacent to an activating group) is 1. The number of carboxylic acids is 1. The molecule has 6 nitrogen and oxygen atoms in total. The number of nitrogens with zero attached hydrogens (tertiary/aromatic N) is 3. The molecule has 2 rings (SSSR count). The quantitative estimate of drug-likeness (QED) is 0.843. The van der Waals surface area contributed by atoms with Crippen LogP contribution in [-0.2, 0) is 0 Å². The lowest BCUT2D eigenvalue weighted by molar-refractivity contribution is 0.0526. The van der Waals surface area contributed by atoms with Crippen LogP contribution in [0.2, 0.25) is 0 Å². The van der Waals surface area contributed by atoms with Gasteiger partial charge in [0.25, 0.3) is 5.91 Å². The van der Waals surface area contributed by atoms with Crippen LogP contribution in [-0.4, -0.2) is 64.5 Å². The Morgan fingerprint density at radius 1 is 1.37 bits per heavy atom. The molecule has 0 aromatic carbocycles. The smallest absolute Gasteiger partial charge is 0.337 e. The van der Waals surface area contributed by atoms with Crippen molar-refractivity contribution in [2.75, 3.05) is 26.7 Å². The van der Waals surface area contributed by atoms with E-state index in [1.807, 2.05) is 14.0 Å². The lowest BCUT2D eigenvalue weighted by Crippen LogP contribution is -2.52. The van der Waals surface area contributed by atoms with Crippen LogP contribution in [0.5, 0.6) is 0 Å². The molecule has 1 fully saturated rings. The summed E-state index contributed by atoms with van der Waals surface area (Å²) in [7, 11) is 2.03. The van der Waals surface area contributed by atoms with Crippen molar-refractivity contribution < 1.29 is 14.7 Å². The Bertz CT molecular complexity index is 486. The molecule has 1 amide bonds. The van der Waals surface area contributed by atoms with Gasteiger partial charge in [0.15, 0.2) is 0 Å². The maximum atomic E-state index is 12.3. The number of hydrogen-bond acceptors (Lipinski definition) is 4. The fourth-order valence-electron chi connectivity index (χ4n) is 2.24. The molecule has 19 heavy (non-hydrogen) atoms. The predicted octanol–water partition coefficient (Wildman–Crippen LogP) is 0.556. The lowest BCUT2D eigenvalue weighted by Gasteiger charge is -2.38. The number of rotatable bonds is 2. The van der Waals surface area contributed by atoms with E-state index in [1.165, 1.54) is 18.3 Å². The molecule has 0 aliphatic carbocycles. The van der Waals surface area contributed by atoms with Crippen LogP contribution in [0.1, 0.15) is 27.8 Å². The minimum Gasteiger partial charge on any atom is -0.478 e. The van der Waals surface area contributed by atoms with E-state index in [0.29, 0.717) is 12.2 Å². The zero-order valence-electron chi connectivity index (χ0n) is 11.0. The number of carboxylic acid groups (broad SMARTS) is 1. The van der Waals surface area contributed by atoms with Crippen molar-refractivity contribution in [3.63, 3.8) is 0 Å². The van der Waals surface area contributed by atoms with Crippen LogP contribution in [0, 0.1) is 0 Å². The standard InChI is InChI=1S/C13H17N3O3/c1-9-8-15(2)5-6-16(9)12(17)11-4-3-10(7-14-11)13(18)19/h3-4,7,9H,5-6,8H2,1-2H3,(H,18,19). The molecule has 0 bridgehead atoms. The van der Waals surface area contributed by atoms with E-state index in [-0.39, 0.29) is 17.5 Å². The van der Waals surface area contributed by atoms with Gasteiger partial charge in [0.1, 0.15) is 5.69 Å². The number of carbonyl (C=O) groups is 2. The summed E-state index contributed by atoms with van der Waals surface area (Å²) in [6.07, 6.45) is 1.22. The topological polar surface area (TPSA) is 73.7 Å². The maximum absolute atomic E-state index is 12.3. The highest BCUT2D eigenvalue weighted by Crippen LogP contribution is 2.12. The molecule has 1 aliphatic rings. The number of piperazine rings is 1. The first kappa shape index (κ1) is 13.5. The van der Waals surface area contributed by atoms with Crippen molar-refractivity contribution in [2.24, 2.45) is 0 Å². The van der Waals surface area contributed by atoms with Gasteiger partial charge < -0.3 is 14.9 Å². The monoisotopic (exact) mass is 263 g/mol. The summed E-state index contributed by atoms with van der Waals surface area (Å²) in [5.41, 5.74) is 0.379. The lowest BCUT2D eigenvalue weighted by atomic mass is 10.1. The third-order valence-corrected chi connectivity index (χ3v) is 3.32. The number of aromatic nitrogens is 1. The summed E-state index contributed by atoms with van der Waals surface area (Å²) in [4.78, 5) is 30.9. The van der Waals surface area contributed by atoms with E-state index >= 15 is 0 Å². The van der Waals surface area contributed by atoms with Crippen LogP contribution >= 0.6 is 0 Å². The second kappa shape index (κ2) is 5.36. The van der Waals surface area contributed by atoms with Crippen LogP contribution < -0.4 is 0 Å². The first-order valence-electron chi connectivity index (χ1n) is 6.18. The molecule has 1 atom stereocenters. The van der Waals surface area contributed by atoms with Gasteiger partial charge in [-0.2, -0.15) is 0 Å². The maximum Gasteiger partial charge on any atom is 0.337 e. The van der Waals surface area contributed by atoms with Gasteiger partial charge in [0.2, 0.25) is 0 Å². The Balaban J connectivity index is 2.13. The van der Waals surface area contributed by atoms with Gasteiger partial charge in [-0.1, -0.05) is 0 Å². The van der Waals surface area contributed by atoms with Crippen molar-refractivity contribution in [2.45, 2.75) is 13.0 Å². The molecule has 1 saturated heterocycles. The largest absolute Gasteiger partial charge is 0.478 e. The van der Waals surface area contributed by atoms with Gasteiger partial charge in [0, 0.05) is 31.9 Å². The Morgan fingerprint density at radius 2 is 2.11 bits per heavy atom. The summed E-state index contributed by atoms with van der Waals surface area (Å²) in [5, 5.41) is 8.79. The van der Waals surface area contributed by atoms with E-state index in [4.69, 9.17) is 5.11 Å². The second-order valence-electron chi connectivity index (χ2n) is 4.85. The van der Waals surface area contributed by atoms with Crippen LogP contribution in [0.3, 0.4) is 0 Å². The summed E-state index contributed by atoms with van der Waals surface area (Å²) in [6, 6.07) is 3.01. The summed E-state index contributed by atoms with van der Waals surface area (Å²) in [5.74, 6) is -1.18. The van der Waals surface area contributed by atoms with Crippen molar-refractivity contribution in [1.29, 1.82) is 0 Å². The fourth-order valence-corrected chi connectivity index (χ4v) is 2.24. The number of carbonyl (C=O) groups excluding carboxylic acids is 1. The molecule has 1 aromatic rings. The molecule has 0 radical (unpaired) electrons. The SMILES string of the molecule is CC1CN(C)CCN1C(=O)c1ccc(C(=O)O)cn1. The normalized spacial score (nSPS) is 20.3. The van der Waals surface area contributed by atoms with Crippen molar-refractivity contribution in [1.82, 2.24) is 14.8 Å². The molecular formula is C13H17N3O3. The van der Waals surface area contributed by atoms with Gasteiger partial charge in [0.05, 0.1) is 5.56 Å². The van der Waals surface area contributed by atoms with Crippen molar-refractivity contribution in [3.8, 4) is 0 Å². The minimum absolute atomic E-state index is 0.0861. The molecule has 1 unspecified atom stereocenters. The van der Waals surface area contributed by atoms with Crippen LogP contribution in [0.15, 0.2) is 18.3 Å². The fraction of sp³-hybridized carbons (Fsp3) is 0.462. The second-order valence-corrected chi connectivity index (χ2v) is 4.85. The van der Waals surface area contributed by atoms with E-state index in [0.717, 1.165) is 13.1 Å². The van der Waals surface area contributed by atoms with E-state index in [2.05, 4.69) is 9.88 Å². The molecule has 1 N–H and O–H groups in total. The molecule has 2 heterocycles. The first-order chi connectivity index (χ1) is 8.99. The Kier molecular flexibility index (Phi) is 3.80. The zero-order valence-corrected chi connectivity index (χ0v) is 11.0. The molecule has 0 spiro atoms. The highest BCUT2D eigenvalue weighted by molar-refractivity contribution is 5.94. The number of aromatic carboxylic acids is 1. The number of amides is 1. The molecule has 1 aromatic heterocycles. The Labute approximate surface area is 111 Å². The van der Waals surface area contributed by atoms with Crippen LogP contribution in [0.25, 0.3) is 0 Å². The van der Waals surface area contributed by atoms with Crippen molar-refractivity contribution >= 4 is 11.9 Å². The highest BCUT2D eigenvalue weighted by Gasteiger charge is 2.27. The van der Waals surface area contributed by atoms with Gasteiger partial charge in [-0.3, -0.25) is 9.78 Å². The van der Waals surface area contributed by atoms with E-state index < -0.39 is 5.97 Å².